The average molecular weight is 237 g/mol. The highest BCUT2D eigenvalue weighted by molar-refractivity contribution is 8.00. The summed E-state index contributed by atoms with van der Waals surface area (Å²) in [5.74, 6) is 0.957. The highest BCUT2D eigenvalue weighted by Crippen LogP contribution is 2.46. The number of nitrogens with one attached hydrogen (secondary N) is 1. The first-order valence-electron chi connectivity index (χ1n) is 5.88. The normalized spacial score (nSPS) is 23.2. The van der Waals surface area contributed by atoms with Crippen LogP contribution in [-0.4, -0.2) is 18.9 Å². The molecule has 88 valence electrons. The number of hydrogen-bond donors (Lipinski definition) is 1. The minimum Gasteiger partial charge on any atom is -0.497 e. The molecule has 16 heavy (non-hydrogen) atoms. The monoisotopic (exact) mass is 237 g/mol. The summed E-state index contributed by atoms with van der Waals surface area (Å²) in [6.07, 6.45) is 1.19. The average Bonchev–Trinajstić information content (AvgIpc) is 2.67. The zero-order valence-corrected chi connectivity index (χ0v) is 10.9. The zero-order chi connectivity index (χ0) is 11.5. The van der Waals surface area contributed by atoms with E-state index in [-0.39, 0.29) is 0 Å². The Labute approximate surface area is 102 Å². The van der Waals surface area contributed by atoms with Crippen LogP contribution in [0.15, 0.2) is 23.1 Å². The summed E-state index contributed by atoms with van der Waals surface area (Å²) < 4.78 is 5.30. The molecule has 0 aliphatic carbocycles. The molecule has 1 aromatic rings. The van der Waals surface area contributed by atoms with Crippen molar-refractivity contribution < 1.29 is 4.74 Å². The SMILES string of the molecule is CCNC1c2cc(OC)ccc2SC1CC. The van der Waals surface area contributed by atoms with Crippen molar-refractivity contribution in [2.75, 3.05) is 13.7 Å². The van der Waals surface area contributed by atoms with Crippen LogP contribution in [0.5, 0.6) is 5.75 Å². The molecule has 1 aliphatic heterocycles. The van der Waals surface area contributed by atoms with E-state index in [4.69, 9.17) is 4.74 Å². The second-order valence-corrected chi connectivity index (χ2v) is 5.28. The van der Waals surface area contributed by atoms with Crippen molar-refractivity contribution in [1.82, 2.24) is 5.32 Å². The Morgan fingerprint density at radius 1 is 1.38 bits per heavy atom. The van der Waals surface area contributed by atoms with E-state index < -0.39 is 0 Å². The molecule has 1 aromatic carbocycles. The van der Waals surface area contributed by atoms with Crippen molar-refractivity contribution in [3.05, 3.63) is 23.8 Å². The fourth-order valence-electron chi connectivity index (χ4n) is 2.22. The lowest BCUT2D eigenvalue weighted by atomic mass is 10.0. The van der Waals surface area contributed by atoms with Gasteiger partial charge >= 0.3 is 0 Å². The molecule has 0 radical (unpaired) electrons. The van der Waals surface area contributed by atoms with Gasteiger partial charge in [0.25, 0.3) is 0 Å². The van der Waals surface area contributed by atoms with Gasteiger partial charge in [0.2, 0.25) is 0 Å². The Hall–Kier alpha value is -0.670. The number of fused-ring (bicyclic) bond motifs is 1. The summed E-state index contributed by atoms with van der Waals surface area (Å²) in [6, 6.07) is 6.88. The maximum atomic E-state index is 5.30. The molecular weight excluding hydrogens is 218 g/mol. The van der Waals surface area contributed by atoms with Crippen molar-refractivity contribution in [2.24, 2.45) is 0 Å². The lowest BCUT2D eigenvalue weighted by Gasteiger charge is -2.19. The van der Waals surface area contributed by atoms with Crippen molar-refractivity contribution >= 4 is 11.8 Å². The number of ether oxygens (including phenoxy) is 1. The van der Waals surface area contributed by atoms with Crippen LogP contribution in [0.2, 0.25) is 0 Å². The predicted molar refractivity (Wildman–Crippen MR) is 69.3 cm³/mol. The molecule has 1 aliphatic rings. The van der Waals surface area contributed by atoms with Gasteiger partial charge < -0.3 is 10.1 Å². The van der Waals surface area contributed by atoms with E-state index in [0.717, 1.165) is 12.3 Å². The lowest BCUT2D eigenvalue weighted by molar-refractivity contribution is 0.412. The molecule has 2 rings (SSSR count). The fourth-order valence-corrected chi connectivity index (χ4v) is 3.56. The molecule has 2 nitrogen and oxygen atoms in total. The second-order valence-electron chi connectivity index (χ2n) is 4.00. The van der Waals surface area contributed by atoms with E-state index in [1.54, 1.807) is 7.11 Å². The number of hydrogen-bond acceptors (Lipinski definition) is 3. The molecule has 0 fully saturated rings. The number of thioether (sulfide) groups is 1. The van der Waals surface area contributed by atoms with Gasteiger partial charge in [0, 0.05) is 16.2 Å². The minimum absolute atomic E-state index is 0.477. The molecule has 1 N–H and O–H groups in total. The number of rotatable bonds is 4. The lowest BCUT2D eigenvalue weighted by Crippen LogP contribution is -2.26. The minimum atomic E-state index is 0.477. The van der Waals surface area contributed by atoms with Gasteiger partial charge in [-0.05, 0) is 36.7 Å². The van der Waals surface area contributed by atoms with Gasteiger partial charge in [-0.3, -0.25) is 0 Å². The first-order valence-corrected chi connectivity index (χ1v) is 6.76. The van der Waals surface area contributed by atoms with Gasteiger partial charge in [0.1, 0.15) is 5.75 Å². The largest absolute Gasteiger partial charge is 0.497 e. The Morgan fingerprint density at radius 3 is 2.81 bits per heavy atom. The van der Waals surface area contributed by atoms with Crippen LogP contribution in [0.3, 0.4) is 0 Å². The molecule has 2 atom stereocenters. The van der Waals surface area contributed by atoms with Crippen molar-refractivity contribution in [1.29, 1.82) is 0 Å². The molecule has 0 saturated heterocycles. The third kappa shape index (κ3) is 2.06. The van der Waals surface area contributed by atoms with Crippen LogP contribution in [-0.2, 0) is 0 Å². The van der Waals surface area contributed by atoms with Crippen LogP contribution in [0, 0.1) is 0 Å². The van der Waals surface area contributed by atoms with Gasteiger partial charge in [-0.2, -0.15) is 0 Å². The van der Waals surface area contributed by atoms with Crippen LogP contribution < -0.4 is 10.1 Å². The predicted octanol–water partition coefficient (Wildman–Crippen LogP) is 3.23. The molecule has 0 bridgehead atoms. The molecule has 0 spiro atoms. The highest BCUT2D eigenvalue weighted by atomic mass is 32.2. The molecule has 0 saturated carbocycles. The van der Waals surface area contributed by atoms with Crippen molar-refractivity contribution in [3.63, 3.8) is 0 Å². The summed E-state index contributed by atoms with van der Waals surface area (Å²) in [5.41, 5.74) is 1.40. The van der Waals surface area contributed by atoms with Crippen LogP contribution >= 0.6 is 11.8 Å². The van der Waals surface area contributed by atoms with E-state index >= 15 is 0 Å². The Morgan fingerprint density at radius 2 is 2.19 bits per heavy atom. The standard InChI is InChI=1S/C13H19NOS/c1-4-11-13(14-5-2)10-8-9(15-3)6-7-12(10)16-11/h6-8,11,13-14H,4-5H2,1-3H3. The Kier molecular flexibility index (Phi) is 3.77. The van der Waals surface area contributed by atoms with E-state index in [0.29, 0.717) is 11.3 Å². The fraction of sp³-hybridized carbons (Fsp3) is 0.538. The van der Waals surface area contributed by atoms with Gasteiger partial charge in [-0.25, -0.2) is 0 Å². The van der Waals surface area contributed by atoms with Crippen LogP contribution in [0.25, 0.3) is 0 Å². The van der Waals surface area contributed by atoms with Gasteiger partial charge in [0.15, 0.2) is 0 Å². The topological polar surface area (TPSA) is 21.3 Å². The Bertz CT molecular complexity index is 367. The third-order valence-corrected chi connectivity index (χ3v) is 4.56. The summed E-state index contributed by atoms with van der Waals surface area (Å²) in [5, 5.41) is 4.23. The van der Waals surface area contributed by atoms with Gasteiger partial charge in [-0.1, -0.05) is 13.8 Å². The summed E-state index contributed by atoms with van der Waals surface area (Å²) >= 11 is 1.99. The van der Waals surface area contributed by atoms with Crippen LogP contribution in [0.4, 0.5) is 0 Å². The van der Waals surface area contributed by atoms with E-state index in [2.05, 4.69) is 31.3 Å². The molecule has 2 unspecified atom stereocenters. The maximum Gasteiger partial charge on any atom is 0.119 e. The Balaban J connectivity index is 2.31. The molecule has 0 aromatic heterocycles. The van der Waals surface area contributed by atoms with Crippen molar-refractivity contribution in [3.8, 4) is 5.75 Å². The van der Waals surface area contributed by atoms with E-state index in [9.17, 15) is 0 Å². The van der Waals surface area contributed by atoms with Crippen molar-refractivity contribution in [2.45, 2.75) is 36.5 Å². The quantitative estimate of drug-likeness (QED) is 0.868. The number of methoxy groups -OCH3 is 1. The smallest absolute Gasteiger partial charge is 0.119 e. The summed E-state index contributed by atoms with van der Waals surface area (Å²) in [7, 11) is 1.73. The second kappa shape index (κ2) is 5.11. The summed E-state index contributed by atoms with van der Waals surface area (Å²) in [4.78, 5) is 1.40. The van der Waals surface area contributed by atoms with E-state index in [1.807, 2.05) is 17.8 Å². The summed E-state index contributed by atoms with van der Waals surface area (Å²) in [6.45, 7) is 5.43. The molecule has 0 amide bonds. The van der Waals surface area contributed by atoms with E-state index in [1.165, 1.54) is 16.9 Å². The van der Waals surface area contributed by atoms with Crippen LogP contribution in [0.1, 0.15) is 31.9 Å². The third-order valence-electron chi connectivity index (χ3n) is 3.03. The zero-order valence-electron chi connectivity index (χ0n) is 10.1. The highest BCUT2D eigenvalue weighted by Gasteiger charge is 2.31. The maximum absolute atomic E-state index is 5.30. The van der Waals surface area contributed by atoms with Gasteiger partial charge in [0.05, 0.1) is 7.11 Å². The van der Waals surface area contributed by atoms with Gasteiger partial charge in [-0.15, -0.1) is 11.8 Å². The molecule has 3 heteroatoms. The molecular formula is C13H19NOS. The molecule has 1 heterocycles. The first-order chi connectivity index (χ1) is 7.80. The first kappa shape index (κ1) is 11.8. The number of benzene rings is 1.